The van der Waals surface area contributed by atoms with E-state index in [0.717, 1.165) is 17.9 Å². The van der Waals surface area contributed by atoms with Gasteiger partial charge in [-0.1, -0.05) is 24.3 Å². The Morgan fingerprint density at radius 1 is 1.08 bits per heavy atom. The summed E-state index contributed by atoms with van der Waals surface area (Å²) in [7, 11) is 1.67. The van der Waals surface area contributed by atoms with Crippen LogP contribution in [-0.4, -0.2) is 28.8 Å². The van der Waals surface area contributed by atoms with Gasteiger partial charge in [0.25, 0.3) is 0 Å². The van der Waals surface area contributed by atoms with Crippen molar-refractivity contribution in [1.82, 2.24) is 15.2 Å². The molecule has 0 atom stereocenters. The Labute approximate surface area is 153 Å². The molecule has 1 heterocycles. The number of anilines is 3. The lowest BCUT2D eigenvalue weighted by Gasteiger charge is -2.11. The maximum Gasteiger partial charge on any atom is 0.244 e. The summed E-state index contributed by atoms with van der Waals surface area (Å²) in [5.74, 6) is 2.03. The molecular weight excluding hydrogens is 326 g/mol. The van der Waals surface area contributed by atoms with Gasteiger partial charge in [-0.25, -0.2) is 0 Å². The number of nitrogens with zero attached hydrogens (tertiary/aromatic N) is 3. The van der Waals surface area contributed by atoms with E-state index in [9.17, 15) is 0 Å². The molecular formula is C20H23N5O. The molecule has 0 spiro atoms. The SMILES string of the molecule is COc1cccc(CCNc2nncc(Nc3cccc(C)c3C)n2)c1. The Hall–Kier alpha value is -3.15. The first-order valence-electron chi connectivity index (χ1n) is 8.55. The highest BCUT2D eigenvalue weighted by molar-refractivity contribution is 5.61. The van der Waals surface area contributed by atoms with Crippen LogP contribution in [0.25, 0.3) is 0 Å². The fourth-order valence-electron chi connectivity index (χ4n) is 2.61. The number of rotatable bonds is 7. The lowest BCUT2D eigenvalue weighted by atomic mass is 10.1. The molecule has 0 aliphatic carbocycles. The van der Waals surface area contributed by atoms with E-state index in [1.807, 2.05) is 30.3 Å². The predicted molar refractivity (Wildman–Crippen MR) is 104 cm³/mol. The number of aryl methyl sites for hydroxylation is 1. The minimum atomic E-state index is 0.503. The highest BCUT2D eigenvalue weighted by Gasteiger charge is 2.05. The maximum absolute atomic E-state index is 5.25. The molecule has 0 fully saturated rings. The summed E-state index contributed by atoms with van der Waals surface area (Å²) >= 11 is 0. The zero-order valence-corrected chi connectivity index (χ0v) is 15.3. The van der Waals surface area contributed by atoms with Crippen molar-refractivity contribution >= 4 is 17.5 Å². The van der Waals surface area contributed by atoms with Crippen molar-refractivity contribution in [1.29, 1.82) is 0 Å². The van der Waals surface area contributed by atoms with Crippen LogP contribution in [0.4, 0.5) is 17.5 Å². The molecule has 26 heavy (non-hydrogen) atoms. The monoisotopic (exact) mass is 349 g/mol. The van der Waals surface area contributed by atoms with Gasteiger partial charge in [0.05, 0.1) is 13.3 Å². The third-order valence-corrected chi connectivity index (χ3v) is 4.26. The van der Waals surface area contributed by atoms with Gasteiger partial charge in [0, 0.05) is 12.2 Å². The van der Waals surface area contributed by atoms with Gasteiger partial charge in [0.1, 0.15) is 5.75 Å². The predicted octanol–water partition coefficient (Wildman–Crippen LogP) is 3.90. The van der Waals surface area contributed by atoms with Crippen LogP contribution in [-0.2, 0) is 6.42 Å². The summed E-state index contributed by atoms with van der Waals surface area (Å²) in [5.41, 5.74) is 4.63. The smallest absolute Gasteiger partial charge is 0.244 e. The molecule has 2 N–H and O–H groups in total. The molecule has 3 rings (SSSR count). The fraction of sp³-hybridized carbons (Fsp3) is 0.250. The third kappa shape index (κ3) is 4.47. The zero-order chi connectivity index (χ0) is 18.4. The molecule has 0 radical (unpaired) electrons. The molecule has 0 aliphatic heterocycles. The molecule has 6 heteroatoms. The molecule has 0 amide bonds. The van der Waals surface area contributed by atoms with E-state index in [2.05, 4.69) is 51.8 Å². The lowest BCUT2D eigenvalue weighted by Crippen LogP contribution is -2.10. The molecule has 3 aromatic rings. The number of nitrogens with one attached hydrogen (secondary N) is 2. The summed E-state index contributed by atoms with van der Waals surface area (Å²) < 4.78 is 5.25. The maximum atomic E-state index is 5.25. The van der Waals surface area contributed by atoms with Gasteiger partial charge >= 0.3 is 0 Å². The Kier molecular flexibility index (Phi) is 5.63. The molecule has 0 aliphatic rings. The summed E-state index contributed by atoms with van der Waals surface area (Å²) in [6, 6.07) is 14.2. The van der Waals surface area contributed by atoms with Crippen molar-refractivity contribution in [3.63, 3.8) is 0 Å². The van der Waals surface area contributed by atoms with Crippen molar-refractivity contribution in [2.24, 2.45) is 0 Å². The van der Waals surface area contributed by atoms with E-state index in [1.165, 1.54) is 16.7 Å². The number of hydrogen-bond acceptors (Lipinski definition) is 6. The topological polar surface area (TPSA) is 72.0 Å². The van der Waals surface area contributed by atoms with Gasteiger partial charge < -0.3 is 15.4 Å². The molecule has 0 saturated carbocycles. The van der Waals surface area contributed by atoms with Gasteiger partial charge in [-0.3, -0.25) is 0 Å². The largest absolute Gasteiger partial charge is 0.497 e. The van der Waals surface area contributed by atoms with E-state index in [4.69, 9.17) is 4.74 Å². The van der Waals surface area contributed by atoms with Crippen molar-refractivity contribution < 1.29 is 4.74 Å². The first-order chi connectivity index (χ1) is 12.7. The van der Waals surface area contributed by atoms with Crippen molar-refractivity contribution in [2.75, 3.05) is 24.3 Å². The highest BCUT2D eigenvalue weighted by Crippen LogP contribution is 2.21. The standard InChI is InChI=1S/C20H23N5O/c1-14-6-4-9-18(15(14)2)23-19-13-22-25-20(24-19)21-11-10-16-7-5-8-17(12-16)26-3/h4-9,12-13H,10-11H2,1-3H3,(H2,21,23,24,25). The number of methoxy groups -OCH3 is 1. The highest BCUT2D eigenvalue weighted by atomic mass is 16.5. The average molecular weight is 349 g/mol. The van der Waals surface area contributed by atoms with Gasteiger partial charge in [-0.2, -0.15) is 10.1 Å². The van der Waals surface area contributed by atoms with Crippen LogP contribution in [0.2, 0.25) is 0 Å². The van der Waals surface area contributed by atoms with E-state index >= 15 is 0 Å². The van der Waals surface area contributed by atoms with E-state index in [0.29, 0.717) is 18.3 Å². The van der Waals surface area contributed by atoms with Gasteiger partial charge in [0.15, 0.2) is 5.82 Å². The second-order valence-corrected chi connectivity index (χ2v) is 6.07. The summed E-state index contributed by atoms with van der Waals surface area (Å²) in [4.78, 5) is 4.48. The molecule has 6 nitrogen and oxygen atoms in total. The minimum Gasteiger partial charge on any atom is -0.497 e. The van der Waals surface area contributed by atoms with Crippen molar-refractivity contribution in [3.05, 3.63) is 65.4 Å². The van der Waals surface area contributed by atoms with E-state index in [-0.39, 0.29) is 0 Å². The number of benzene rings is 2. The molecule has 0 bridgehead atoms. The average Bonchev–Trinajstić information content (AvgIpc) is 2.66. The van der Waals surface area contributed by atoms with Crippen molar-refractivity contribution in [3.8, 4) is 5.75 Å². The van der Waals surface area contributed by atoms with Crippen molar-refractivity contribution in [2.45, 2.75) is 20.3 Å². The summed E-state index contributed by atoms with van der Waals surface area (Å²) in [5, 5.41) is 14.6. The van der Waals surface area contributed by atoms with E-state index < -0.39 is 0 Å². The Morgan fingerprint density at radius 3 is 2.77 bits per heavy atom. The van der Waals surface area contributed by atoms with Crippen LogP contribution >= 0.6 is 0 Å². The van der Waals surface area contributed by atoms with Crippen LogP contribution in [0.5, 0.6) is 5.75 Å². The number of hydrogen-bond donors (Lipinski definition) is 2. The van der Waals surface area contributed by atoms with Gasteiger partial charge in [0.2, 0.25) is 5.95 Å². The van der Waals surface area contributed by atoms with Gasteiger partial charge in [-0.05, 0) is 55.2 Å². The van der Waals surface area contributed by atoms with Crippen LogP contribution in [0.15, 0.2) is 48.7 Å². The molecule has 0 saturated heterocycles. The van der Waals surface area contributed by atoms with Gasteiger partial charge in [-0.15, -0.1) is 5.10 Å². The zero-order valence-electron chi connectivity index (χ0n) is 15.3. The molecule has 1 aromatic heterocycles. The number of ether oxygens (including phenoxy) is 1. The van der Waals surface area contributed by atoms with Crippen LogP contribution in [0, 0.1) is 13.8 Å². The second-order valence-electron chi connectivity index (χ2n) is 6.07. The Bertz CT molecular complexity index is 882. The van der Waals surface area contributed by atoms with Crippen LogP contribution in [0.3, 0.4) is 0 Å². The minimum absolute atomic E-state index is 0.503. The Morgan fingerprint density at radius 2 is 1.92 bits per heavy atom. The molecule has 0 unspecified atom stereocenters. The number of aromatic nitrogens is 3. The van der Waals surface area contributed by atoms with Crippen LogP contribution < -0.4 is 15.4 Å². The fourth-order valence-corrected chi connectivity index (χ4v) is 2.61. The molecule has 134 valence electrons. The lowest BCUT2D eigenvalue weighted by molar-refractivity contribution is 0.414. The summed E-state index contributed by atoms with van der Waals surface area (Å²) in [6.45, 7) is 4.88. The first-order valence-corrected chi connectivity index (χ1v) is 8.55. The first kappa shape index (κ1) is 17.7. The molecule has 2 aromatic carbocycles. The quantitative estimate of drug-likeness (QED) is 0.674. The second kappa shape index (κ2) is 8.29. The summed E-state index contributed by atoms with van der Waals surface area (Å²) in [6.07, 6.45) is 2.46. The Balaban J connectivity index is 1.61. The normalized spacial score (nSPS) is 10.4. The third-order valence-electron chi connectivity index (χ3n) is 4.26. The van der Waals surface area contributed by atoms with E-state index in [1.54, 1.807) is 13.3 Å². The van der Waals surface area contributed by atoms with Crippen LogP contribution in [0.1, 0.15) is 16.7 Å².